The van der Waals surface area contributed by atoms with E-state index in [1.807, 2.05) is 23.6 Å². The van der Waals surface area contributed by atoms with Crippen LogP contribution < -0.4 is 10.2 Å². The zero-order valence-electron chi connectivity index (χ0n) is 21.0. The molecule has 13 heteroatoms. The van der Waals surface area contributed by atoms with Crippen molar-refractivity contribution in [1.82, 2.24) is 24.4 Å². The SMILES string of the molecule is CN(C)CCn1cc(-c2ccc(F)cc2C(F)(F)F)nc1C1CCN(c2ncnc3c2CC(=O)N3)CC1.O. The Balaban J connectivity index is 0.00000336. The van der Waals surface area contributed by atoms with Crippen LogP contribution in [0.5, 0.6) is 0 Å². The number of rotatable bonds is 6. The number of carbonyl (C=O) groups excluding carboxylic acids is 1. The molecule has 0 saturated carbocycles. The number of likely N-dealkylation sites (N-methyl/N-ethyl adjacent to an activating group) is 1. The highest BCUT2D eigenvalue weighted by Gasteiger charge is 2.36. The number of hydrogen-bond acceptors (Lipinski definition) is 6. The first-order valence-corrected chi connectivity index (χ1v) is 12.1. The van der Waals surface area contributed by atoms with E-state index in [4.69, 9.17) is 0 Å². The quantitative estimate of drug-likeness (QED) is 0.486. The van der Waals surface area contributed by atoms with Crippen molar-refractivity contribution >= 4 is 17.5 Å². The summed E-state index contributed by atoms with van der Waals surface area (Å²) in [5, 5.41) is 2.74. The molecule has 2 aliphatic rings. The summed E-state index contributed by atoms with van der Waals surface area (Å²) in [6.45, 7) is 2.56. The largest absolute Gasteiger partial charge is 0.417 e. The lowest BCUT2D eigenvalue weighted by Crippen LogP contribution is -2.35. The average Bonchev–Trinajstić information content (AvgIpc) is 3.45. The zero-order valence-corrected chi connectivity index (χ0v) is 21.0. The third-order valence-corrected chi connectivity index (χ3v) is 6.84. The normalized spacial score (nSPS) is 16.0. The van der Waals surface area contributed by atoms with Crippen molar-refractivity contribution in [2.75, 3.05) is 43.9 Å². The molecule has 204 valence electrons. The fourth-order valence-electron chi connectivity index (χ4n) is 4.98. The second-order valence-corrected chi connectivity index (χ2v) is 9.68. The van der Waals surface area contributed by atoms with Gasteiger partial charge in [0.05, 0.1) is 17.7 Å². The summed E-state index contributed by atoms with van der Waals surface area (Å²) < 4.78 is 56.7. The van der Waals surface area contributed by atoms with Crippen LogP contribution in [0.4, 0.5) is 29.2 Å². The molecular formula is C25H29F4N7O2. The predicted molar refractivity (Wildman–Crippen MR) is 133 cm³/mol. The summed E-state index contributed by atoms with van der Waals surface area (Å²) in [5.74, 6) is 0.973. The molecule has 3 N–H and O–H groups in total. The Morgan fingerprint density at radius 3 is 2.58 bits per heavy atom. The van der Waals surface area contributed by atoms with Gasteiger partial charge in [0.1, 0.15) is 29.6 Å². The van der Waals surface area contributed by atoms with Crippen molar-refractivity contribution in [1.29, 1.82) is 0 Å². The second kappa shape index (κ2) is 10.7. The molecule has 0 radical (unpaired) electrons. The molecule has 1 aromatic carbocycles. The van der Waals surface area contributed by atoms with Gasteiger partial charge in [-0.1, -0.05) is 0 Å². The molecule has 0 unspecified atom stereocenters. The Hall–Kier alpha value is -3.58. The number of aromatic nitrogens is 4. The van der Waals surface area contributed by atoms with Gasteiger partial charge in [0.15, 0.2) is 0 Å². The number of nitrogens with one attached hydrogen (secondary N) is 1. The van der Waals surface area contributed by atoms with Gasteiger partial charge in [-0.25, -0.2) is 19.3 Å². The van der Waals surface area contributed by atoms with Gasteiger partial charge >= 0.3 is 6.18 Å². The Morgan fingerprint density at radius 2 is 1.89 bits per heavy atom. The number of piperidine rings is 1. The van der Waals surface area contributed by atoms with Crippen LogP contribution in [0.25, 0.3) is 11.3 Å². The second-order valence-electron chi connectivity index (χ2n) is 9.68. The highest BCUT2D eigenvalue weighted by molar-refractivity contribution is 5.99. The van der Waals surface area contributed by atoms with Gasteiger partial charge in [-0.2, -0.15) is 13.2 Å². The van der Waals surface area contributed by atoms with Gasteiger partial charge in [0.2, 0.25) is 5.91 Å². The van der Waals surface area contributed by atoms with Gasteiger partial charge < -0.3 is 25.2 Å². The first kappa shape index (κ1) is 27.5. The third-order valence-electron chi connectivity index (χ3n) is 6.84. The molecule has 4 heterocycles. The van der Waals surface area contributed by atoms with Crippen LogP contribution >= 0.6 is 0 Å². The van der Waals surface area contributed by atoms with Crippen LogP contribution in [0, 0.1) is 5.82 Å². The first-order chi connectivity index (χ1) is 17.6. The van der Waals surface area contributed by atoms with E-state index >= 15 is 0 Å². The van der Waals surface area contributed by atoms with E-state index < -0.39 is 17.6 Å². The number of hydrogen-bond donors (Lipinski definition) is 1. The van der Waals surface area contributed by atoms with E-state index in [2.05, 4.69) is 25.2 Å². The standard InChI is InChI=1S/C25H27F4N7O.H2O/c1-34(2)9-10-36-13-20(17-4-3-16(26)11-19(17)25(27,28)29)32-23(36)15-5-7-35(8-6-15)24-18-12-21(37)33-22(18)30-14-31-24;/h3-4,11,13-15H,5-10,12H2,1-2H3,(H,30,31,33,37);1H2. The minimum atomic E-state index is -4.70. The fraction of sp³-hybridized carbons (Fsp3) is 0.440. The maximum atomic E-state index is 13.7. The molecule has 1 amide bonds. The highest BCUT2D eigenvalue weighted by Crippen LogP contribution is 2.39. The zero-order chi connectivity index (χ0) is 26.3. The number of halogens is 4. The molecule has 0 bridgehead atoms. The summed E-state index contributed by atoms with van der Waals surface area (Å²) in [5.41, 5.74) is -0.199. The van der Waals surface area contributed by atoms with Crippen molar-refractivity contribution < 1.29 is 27.8 Å². The number of nitrogens with zero attached hydrogens (tertiary/aromatic N) is 6. The summed E-state index contributed by atoms with van der Waals surface area (Å²) in [6.07, 6.45) is 0.0465. The smallest absolute Gasteiger partial charge is 0.412 e. The van der Waals surface area contributed by atoms with E-state index in [-0.39, 0.29) is 35.0 Å². The van der Waals surface area contributed by atoms with Crippen LogP contribution in [0.15, 0.2) is 30.7 Å². The Kier molecular flexibility index (Phi) is 7.70. The number of fused-ring (bicyclic) bond motifs is 1. The van der Waals surface area contributed by atoms with E-state index in [0.717, 1.165) is 29.3 Å². The average molecular weight is 536 g/mol. The fourth-order valence-corrected chi connectivity index (χ4v) is 4.98. The Bertz CT molecular complexity index is 1320. The first-order valence-electron chi connectivity index (χ1n) is 12.1. The topological polar surface area (TPSA) is 111 Å². The van der Waals surface area contributed by atoms with Gasteiger partial charge in [0, 0.05) is 49.4 Å². The lowest BCUT2D eigenvalue weighted by Gasteiger charge is -2.33. The maximum absolute atomic E-state index is 13.7. The number of benzene rings is 1. The number of imidazole rings is 1. The van der Waals surface area contributed by atoms with Crippen molar-refractivity contribution in [3.63, 3.8) is 0 Å². The molecule has 0 atom stereocenters. The van der Waals surface area contributed by atoms with Crippen LogP contribution in [0.3, 0.4) is 0 Å². The predicted octanol–water partition coefficient (Wildman–Crippen LogP) is 3.11. The van der Waals surface area contributed by atoms with Gasteiger partial charge in [-0.3, -0.25) is 4.79 Å². The minimum Gasteiger partial charge on any atom is -0.412 e. The Morgan fingerprint density at radius 1 is 1.16 bits per heavy atom. The Labute approximate surface area is 216 Å². The molecular weight excluding hydrogens is 506 g/mol. The molecule has 2 aromatic heterocycles. The monoisotopic (exact) mass is 535 g/mol. The maximum Gasteiger partial charge on any atom is 0.417 e. The van der Waals surface area contributed by atoms with Crippen LogP contribution in [0.1, 0.15) is 35.7 Å². The van der Waals surface area contributed by atoms with Gasteiger partial charge in [-0.15, -0.1) is 0 Å². The molecule has 3 aromatic rings. The molecule has 9 nitrogen and oxygen atoms in total. The van der Waals surface area contributed by atoms with Crippen LogP contribution in [-0.2, 0) is 23.9 Å². The molecule has 0 spiro atoms. The van der Waals surface area contributed by atoms with Crippen molar-refractivity contribution in [2.45, 2.75) is 37.9 Å². The molecule has 2 aliphatic heterocycles. The lowest BCUT2D eigenvalue weighted by atomic mass is 9.95. The summed E-state index contributed by atoms with van der Waals surface area (Å²) >= 11 is 0. The third kappa shape index (κ3) is 5.48. The van der Waals surface area contributed by atoms with Crippen molar-refractivity contribution in [2.24, 2.45) is 0 Å². The van der Waals surface area contributed by atoms with Gasteiger partial charge in [-0.05, 0) is 45.1 Å². The number of alkyl halides is 3. The van der Waals surface area contributed by atoms with E-state index in [1.54, 1.807) is 6.20 Å². The molecule has 38 heavy (non-hydrogen) atoms. The highest BCUT2D eigenvalue weighted by atomic mass is 19.4. The van der Waals surface area contributed by atoms with E-state index in [0.29, 0.717) is 50.9 Å². The molecule has 1 saturated heterocycles. The van der Waals surface area contributed by atoms with Crippen molar-refractivity contribution in [3.05, 3.63) is 53.5 Å². The minimum absolute atomic E-state index is 0. The molecule has 5 rings (SSSR count). The van der Waals surface area contributed by atoms with Crippen LogP contribution in [0.2, 0.25) is 0 Å². The van der Waals surface area contributed by atoms with E-state index in [9.17, 15) is 22.4 Å². The molecule has 0 aliphatic carbocycles. The summed E-state index contributed by atoms with van der Waals surface area (Å²) in [7, 11) is 3.86. The van der Waals surface area contributed by atoms with Gasteiger partial charge in [0.25, 0.3) is 0 Å². The summed E-state index contributed by atoms with van der Waals surface area (Å²) in [6, 6.07) is 2.70. The number of anilines is 2. The summed E-state index contributed by atoms with van der Waals surface area (Å²) in [4.78, 5) is 29.2. The van der Waals surface area contributed by atoms with E-state index in [1.165, 1.54) is 6.33 Å². The van der Waals surface area contributed by atoms with Crippen LogP contribution in [-0.4, -0.2) is 69.5 Å². The number of carbonyl (C=O) groups is 1. The molecule has 1 fully saturated rings. The number of amides is 1. The lowest BCUT2D eigenvalue weighted by molar-refractivity contribution is -0.137. The van der Waals surface area contributed by atoms with Crippen molar-refractivity contribution in [3.8, 4) is 11.3 Å².